The highest BCUT2D eigenvalue weighted by atomic mass is 16.5. The SMILES string of the molecule is COc1ccc(NC(=O)c2cc3n(n2)CC2(CCNCC2)OC3)cn1. The van der Waals surface area contributed by atoms with E-state index >= 15 is 0 Å². The Kier molecular flexibility index (Phi) is 4.14. The number of hydrogen-bond donors (Lipinski definition) is 2. The monoisotopic (exact) mass is 343 g/mol. The third-order valence-electron chi connectivity index (χ3n) is 4.78. The highest BCUT2D eigenvalue weighted by Crippen LogP contribution is 2.31. The molecule has 4 heterocycles. The van der Waals surface area contributed by atoms with Gasteiger partial charge in [0.15, 0.2) is 5.69 Å². The summed E-state index contributed by atoms with van der Waals surface area (Å²) in [6.45, 7) is 3.09. The highest BCUT2D eigenvalue weighted by Gasteiger charge is 2.38. The molecule has 0 aliphatic carbocycles. The number of fused-ring (bicyclic) bond motifs is 1. The topological polar surface area (TPSA) is 90.3 Å². The number of methoxy groups -OCH3 is 1. The average molecular weight is 343 g/mol. The fourth-order valence-corrected chi connectivity index (χ4v) is 3.32. The van der Waals surface area contributed by atoms with Crippen molar-refractivity contribution in [2.75, 3.05) is 25.5 Å². The molecule has 1 fully saturated rings. The van der Waals surface area contributed by atoms with E-state index in [4.69, 9.17) is 9.47 Å². The molecule has 0 aromatic carbocycles. The molecule has 0 atom stereocenters. The Morgan fingerprint density at radius 1 is 1.40 bits per heavy atom. The fraction of sp³-hybridized carbons (Fsp3) is 0.471. The first-order valence-electron chi connectivity index (χ1n) is 8.40. The van der Waals surface area contributed by atoms with Crippen molar-refractivity contribution in [3.63, 3.8) is 0 Å². The maximum atomic E-state index is 12.5. The van der Waals surface area contributed by atoms with Crippen LogP contribution in [0.5, 0.6) is 5.88 Å². The van der Waals surface area contributed by atoms with Crippen molar-refractivity contribution in [2.45, 2.75) is 31.6 Å². The highest BCUT2D eigenvalue weighted by molar-refractivity contribution is 6.02. The number of amides is 1. The van der Waals surface area contributed by atoms with Crippen molar-refractivity contribution in [1.82, 2.24) is 20.1 Å². The molecule has 0 saturated carbocycles. The molecular weight excluding hydrogens is 322 g/mol. The third-order valence-corrected chi connectivity index (χ3v) is 4.78. The number of aromatic nitrogens is 3. The number of hydrogen-bond acceptors (Lipinski definition) is 6. The van der Waals surface area contributed by atoms with Crippen molar-refractivity contribution in [1.29, 1.82) is 0 Å². The second-order valence-corrected chi connectivity index (χ2v) is 6.44. The molecule has 0 radical (unpaired) electrons. The summed E-state index contributed by atoms with van der Waals surface area (Å²) in [5.74, 6) is 0.244. The van der Waals surface area contributed by atoms with Gasteiger partial charge in [-0.2, -0.15) is 5.10 Å². The lowest BCUT2D eigenvalue weighted by atomic mass is 9.91. The van der Waals surface area contributed by atoms with Gasteiger partial charge in [0.25, 0.3) is 5.91 Å². The van der Waals surface area contributed by atoms with Gasteiger partial charge in [0.2, 0.25) is 5.88 Å². The molecule has 132 valence electrons. The van der Waals surface area contributed by atoms with Gasteiger partial charge in [-0.1, -0.05) is 0 Å². The number of carbonyl (C=O) groups excluding carboxylic acids is 1. The molecule has 8 heteroatoms. The summed E-state index contributed by atoms with van der Waals surface area (Å²) in [7, 11) is 1.55. The van der Waals surface area contributed by atoms with Gasteiger partial charge in [0.05, 0.1) is 43.4 Å². The number of rotatable bonds is 3. The summed E-state index contributed by atoms with van der Waals surface area (Å²) in [5.41, 5.74) is 1.77. The van der Waals surface area contributed by atoms with Crippen LogP contribution in [0.1, 0.15) is 29.0 Å². The van der Waals surface area contributed by atoms with Crippen LogP contribution < -0.4 is 15.4 Å². The standard InChI is InChI=1S/C17H21N5O3/c1-24-15-3-2-12(9-19-15)20-16(23)14-8-13-10-25-17(11-22(13)21-14)4-6-18-7-5-17/h2-3,8-9,18H,4-7,10-11H2,1H3,(H,20,23). The number of piperidine rings is 1. The van der Waals surface area contributed by atoms with Gasteiger partial charge in [-0.15, -0.1) is 0 Å². The van der Waals surface area contributed by atoms with Crippen molar-refractivity contribution in [2.24, 2.45) is 0 Å². The summed E-state index contributed by atoms with van der Waals surface area (Å²) in [6, 6.07) is 5.23. The average Bonchev–Trinajstić information content (AvgIpc) is 3.06. The molecule has 25 heavy (non-hydrogen) atoms. The van der Waals surface area contributed by atoms with E-state index in [9.17, 15) is 4.79 Å². The Labute approximate surface area is 145 Å². The van der Waals surface area contributed by atoms with E-state index in [-0.39, 0.29) is 11.5 Å². The van der Waals surface area contributed by atoms with Gasteiger partial charge in [-0.3, -0.25) is 9.48 Å². The van der Waals surface area contributed by atoms with Crippen molar-refractivity contribution in [3.8, 4) is 5.88 Å². The lowest BCUT2D eigenvalue weighted by Crippen LogP contribution is -2.49. The Bertz CT molecular complexity index is 765. The second kappa shape index (κ2) is 6.45. The van der Waals surface area contributed by atoms with E-state index in [0.717, 1.165) is 31.6 Å². The Balaban J connectivity index is 1.47. The van der Waals surface area contributed by atoms with E-state index in [0.29, 0.717) is 30.4 Å². The summed E-state index contributed by atoms with van der Waals surface area (Å²) in [4.78, 5) is 16.5. The maximum absolute atomic E-state index is 12.5. The molecule has 4 rings (SSSR count). The minimum atomic E-state index is -0.256. The molecule has 1 saturated heterocycles. The zero-order chi connectivity index (χ0) is 17.3. The number of nitrogens with one attached hydrogen (secondary N) is 2. The van der Waals surface area contributed by atoms with E-state index < -0.39 is 0 Å². The smallest absolute Gasteiger partial charge is 0.276 e. The molecule has 1 amide bonds. The minimum absolute atomic E-state index is 0.155. The van der Waals surface area contributed by atoms with Gasteiger partial charge in [0.1, 0.15) is 0 Å². The van der Waals surface area contributed by atoms with Gasteiger partial charge < -0.3 is 20.1 Å². The molecule has 8 nitrogen and oxygen atoms in total. The Morgan fingerprint density at radius 2 is 2.24 bits per heavy atom. The lowest BCUT2D eigenvalue weighted by molar-refractivity contribution is -0.109. The zero-order valence-corrected chi connectivity index (χ0v) is 14.1. The largest absolute Gasteiger partial charge is 0.481 e. The van der Waals surface area contributed by atoms with Crippen LogP contribution >= 0.6 is 0 Å². The first kappa shape index (κ1) is 16.0. The molecule has 1 spiro atoms. The molecule has 0 unspecified atom stereocenters. The quantitative estimate of drug-likeness (QED) is 0.870. The summed E-state index contributed by atoms with van der Waals surface area (Å²) in [6.07, 6.45) is 3.48. The first-order chi connectivity index (χ1) is 12.2. The van der Waals surface area contributed by atoms with Crippen LogP contribution in [-0.2, 0) is 17.9 Å². The maximum Gasteiger partial charge on any atom is 0.276 e. The lowest BCUT2D eigenvalue weighted by Gasteiger charge is -2.40. The van der Waals surface area contributed by atoms with Crippen LogP contribution in [0, 0.1) is 0 Å². The van der Waals surface area contributed by atoms with Gasteiger partial charge in [0, 0.05) is 6.07 Å². The predicted octanol–water partition coefficient (Wildman–Crippen LogP) is 1.19. The van der Waals surface area contributed by atoms with Crippen LogP contribution in [0.15, 0.2) is 24.4 Å². The molecule has 2 aromatic rings. The van der Waals surface area contributed by atoms with E-state index in [1.165, 1.54) is 0 Å². The first-order valence-corrected chi connectivity index (χ1v) is 8.40. The molecule has 0 bridgehead atoms. The van der Waals surface area contributed by atoms with Gasteiger partial charge >= 0.3 is 0 Å². The zero-order valence-electron chi connectivity index (χ0n) is 14.1. The number of ether oxygens (including phenoxy) is 2. The number of anilines is 1. The van der Waals surface area contributed by atoms with Crippen LogP contribution in [0.4, 0.5) is 5.69 Å². The van der Waals surface area contributed by atoms with E-state index in [1.54, 1.807) is 31.5 Å². The van der Waals surface area contributed by atoms with Crippen molar-refractivity contribution >= 4 is 11.6 Å². The fourth-order valence-electron chi connectivity index (χ4n) is 3.32. The van der Waals surface area contributed by atoms with Gasteiger partial charge in [-0.25, -0.2) is 4.98 Å². The van der Waals surface area contributed by atoms with Crippen LogP contribution in [0.25, 0.3) is 0 Å². The number of nitrogens with zero attached hydrogens (tertiary/aromatic N) is 3. The Hall–Kier alpha value is -2.45. The minimum Gasteiger partial charge on any atom is -0.481 e. The van der Waals surface area contributed by atoms with Crippen LogP contribution in [0.3, 0.4) is 0 Å². The molecule has 2 aliphatic heterocycles. The van der Waals surface area contributed by atoms with Gasteiger partial charge in [-0.05, 0) is 38.1 Å². The van der Waals surface area contributed by atoms with Crippen LogP contribution in [0.2, 0.25) is 0 Å². The molecule has 2 aliphatic rings. The summed E-state index contributed by atoms with van der Waals surface area (Å²) < 4.78 is 13.0. The number of pyridine rings is 1. The number of carbonyl (C=O) groups is 1. The summed E-state index contributed by atoms with van der Waals surface area (Å²) in [5, 5.41) is 10.6. The van der Waals surface area contributed by atoms with E-state index in [2.05, 4.69) is 20.7 Å². The molecular formula is C17H21N5O3. The second-order valence-electron chi connectivity index (χ2n) is 6.44. The van der Waals surface area contributed by atoms with E-state index in [1.807, 2.05) is 4.68 Å². The third kappa shape index (κ3) is 3.22. The normalized spacial score (nSPS) is 18.6. The summed E-state index contributed by atoms with van der Waals surface area (Å²) >= 11 is 0. The molecule has 2 N–H and O–H groups in total. The van der Waals surface area contributed by atoms with Crippen LogP contribution in [-0.4, -0.2) is 46.5 Å². The van der Waals surface area contributed by atoms with Crippen molar-refractivity contribution < 1.29 is 14.3 Å². The van der Waals surface area contributed by atoms with Crippen molar-refractivity contribution in [3.05, 3.63) is 35.8 Å². The molecule has 2 aromatic heterocycles. The predicted molar refractivity (Wildman–Crippen MR) is 90.6 cm³/mol. The Morgan fingerprint density at radius 3 is 2.96 bits per heavy atom.